The van der Waals surface area contributed by atoms with E-state index in [2.05, 4.69) is 12.8 Å². The fourth-order valence-electron chi connectivity index (χ4n) is 5.74. The van der Waals surface area contributed by atoms with Gasteiger partial charge >= 0.3 is 5.97 Å². The predicted octanol–water partition coefficient (Wildman–Crippen LogP) is 7.36. The zero-order chi connectivity index (χ0) is 20.6. The summed E-state index contributed by atoms with van der Waals surface area (Å²) in [7, 11) is 1.49. The number of hydrogen-bond donors (Lipinski definition) is 0. The minimum absolute atomic E-state index is 0.203. The number of hydrogen-bond acceptors (Lipinski definition) is 2. The van der Waals surface area contributed by atoms with E-state index in [1.165, 1.54) is 102 Å². The molecule has 2 nitrogen and oxygen atoms in total. The highest BCUT2D eigenvalue weighted by atomic mass is 16.5. The summed E-state index contributed by atoms with van der Waals surface area (Å²) in [6, 6.07) is 3.91. The topological polar surface area (TPSA) is 26.3 Å². The Morgan fingerprint density at radius 3 is 2.31 bits per heavy atom. The molecule has 3 rings (SSSR count). The van der Waals surface area contributed by atoms with Gasteiger partial charge < -0.3 is 4.74 Å². The lowest BCUT2D eigenvalue weighted by Crippen LogP contribution is -2.21. The van der Waals surface area contributed by atoms with Crippen LogP contribution in [0.25, 0.3) is 0 Å². The van der Waals surface area contributed by atoms with Gasteiger partial charge in [-0.2, -0.15) is 0 Å². The highest BCUT2D eigenvalue weighted by Gasteiger charge is 2.32. The van der Waals surface area contributed by atoms with E-state index in [9.17, 15) is 4.79 Å². The fourth-order valence-corrected chi connectivity index (χ4v) is 5.74. The van der Waals surface area contributed by atoms with Gasteiger partial charge in [0.15, 0.2) is 0 Å². The van der Waals surface area contributed by atoms with Crippen molar-refractivity contribution in [3.8, 4) is 12.3 Å². The number of carbonyl (C=O) groups excluding carboxylic acids is 1. The summed E-state index contributed by atoms with van der Waals surface area (Å²) in [5, 5.41) is 0. The van der Waals surface area contributed by atoms with Crippen molar-refractivity contribution in [2.24, 2.45) is 5.92 Å². The van der Waals surface area contributed by atoms with Gasteiger partial charge in [-0.3, -0.25) is 0 Å². The molecule has 2 aliphatic rings. The van der Waals surface area contributed by atoms with Crippen LogP contribution in [0.4, 0.5) is 0 Å². The normalized spacial score (nSPS) is 22.8. The monoisotopic (exact) mass is 394 g/mol. The summed E-state index contributed by atoms with van der Waals surface area (Å²) in [5.41, 5.74) is 4.32. The van der Waals surface area contributed by atoms with E-state index >= 15 is 0 Å². The van der Waals surface area contributed by atoms with E-state index in [-0.39, 0.29) is 5.97 Å². The molecule has 0 bridgehead atoms. The van der Waals surface area contributed by atoms with Crippen LogP contribution in [0, 0.1) is 18.3 Å². The number of terminal acetylenes is 1. The van der Waals surface area contributed by atoms with Gasteiger partial charge in [0.05, 0.1) is 12.7 Å². The third-order valence-corrected chi connectivity index (χ3v) is 7.33. The second kappa shape index (κ2) is 10.9. The number of rotatable bonds is 7. The number of ether oxygens (including phenoxy) is 1. The zero-order valence-electron chi connectivity index (χ0n) is 18.5. The molecular weight excluding hydrogens is 356 g/mol. The summed E-state index contributed by atoms with van der Waals surface area (Å²) in [6.07, 6.45) is 22.4. The van der Waals surface area contributed by atoms with Crippen molar-refractivity contribution >= 4 is 5.97 Å². The Morgan fingerprint density at radius 1 is 1.00 bits per heavy atom. The summed E-state index contributed by atoms with van der Waals surface area (Å²) in [4.78, 5) is 12.7. The van der Waals surface area contributed by atoms with Gasteiger partial charge in [0.1, 0.15) is 0 Å². The van der Waals surface area contributed by atoms with Gasteiger partial charge in [-0.1, -0.05) is 57.8 Å². The molecule has 0 aromatic heterocycles. The average molecular weight is 395 g/mol. The molecule has 2 heteroatoms. The van der Waals surface area contributed by atoms with Gasteiger partial charge in [0, 0.05) is 5.56 Å². The van der Waals surface area contributed by atoms with Crippen molar-refractivity contribution in [1.29, 1.82) is 0 Å². The fraction of sp³-hybridized carbons (Fsp3) is 0.667. The zero-order valence-corrected chi connectivity index (χ0v) is 18.5. The molecule has 0 amide bonds. The molecule has 0 aliphatic heterocycles. The average Bonchev–Trinajstić information content (AvgIpc) is 2.78. The van der Waals surface area contributed by atoms with Crippen LogP contribution in [0.15, 0.2) is 12.1 Å². The van der Waals surface area contributed by atoms with Crippen LogP contribution in [0.1, 0.15) is 129 Å². The molecule has 29 heavy (non-hydrogen) atoms. The van der Waals surface area contributed by atoms with Crippen LogP contribution in [0.5, 0.6) is 0 Å². The predicted molar refractivity (Wildman–Crippen MR) is 120 cm³/mol. The Hall–Kier alpha value is -1.75. The van der Waals surface area contributed by atoms with Crippen LogP contribution < -0.4 is 0 Å². The number of esters is 1. The molecular formula is C27H38O2. The van der Waals surface area contributed by atoms with Crippen molar-refractivity contribution in [2.45, 2.75) is 102 Å². The smallest absolute Gasteiger partial charge is 0.338 e. The van der Waals surface area contributed by atoms with Crippen molar-refractivity contribution in [1.82, 2.24) is 0 Å². The second-order valence-electron chi connectivity index (χ2n) is 9.17. The number of unbranched alkanes of at least 4 members (excludes halogenated alkanes) is 2. The first-order valence-electron chi connectivity index (χ1n) is 11.9. The first kappa shape index (κ1) is 21.9. The summed E-state index contributed by atoms with van der Waals surface area (Å²) >= 11 is 0. The van der Waals surface area contributed by atoms with E-state index in [1.54, 1.807) is 0 Å². The van der Waals surface area contributed by atoms with Crippen LogP contribution in [0.2, 0.25) is 0 Å². The molecule has 1 aromatic carbocycles. The van der Waals surface area contributed by atoms with Gasteiger partial charge in [-0.15, -0.1) is 6.42 Å². The Bertz CT molecular complexity index is 713. The summed E-state index contributed by atoms with van der Waals surface area (Å²) in [6.45, 7) is 2.27. The first-order valence-corrected chi connectivity index (χ1v) is 11.9. The molecule has 1 aromatic rings. The van der Waals surface area contributed by atoms with Crippen LogP contribution in [0.3, 0.4) is 0 Å². The minimum Gasteiger partial charge on any atom is -0.465 e. The number of benzene rings is 1. The Labute approximate surface area is 177 Å². The third-order valence-electron chi connectivity index (χ3n) is 7.33. The lowest BCUT2D eigenvalue weighted by Gasteiger charge is -2.34. The van der Waals surface area contributed by atoms with Crippen LogP contribution in [-0.4, -0.2) is 13.1 Å². The molecule has 2 fully saturated rings. The molecule has 2 aliphatic carbocycles. The second-order valence-corrected chi connectivity index (χ2v) is 9.17. The van der Waals surface area contributed by atoms with E-state index in [1.807, 2.05) is 12.1 Å². The molecule has 0 radical (unpaired) electrons. The van der Waals surface area contributed by atoms with E-state index < -0.39 is 0 Å². The van der Waals surface area contributed by atoms with Crippen molar-refractivity contribution in [3.05, 3.63) is 34.4 Å². The maximum absolute atomic E-state index is 12.7. The van der Waals surface area contributed by atoms with Gasteiger partial charge in [0.25, 0.3) is 0 Å². The quantitative estimate of drug-likeness (QED) is 0.274. The lowest BCUT2D eigenvalue weighted by molar-refractivity contribution is 0.0598. The number of methoxy groups -OCH3 is 1. The minimum atomic E-state index is -0.203. The lowest BCUT2D eigenvalue weighted by atomic mass is 9.70. The molecule has 0 heterocycles. The molecule has 0 N–H and O–H groups in total. The molecule has 0 spiro atoms. The van der Waals surface area contributed by atoms with Crippen LogP contribution >= 0.6 is 0 Å². The molecule has 2 saturated carbocycles. The highest BCUT2D eigenvalue weighted by Crippen LogP contribution is 2.45. The molecule has 158 valence electrons. The van der Waals surface area contributed by atoms with Crippen molar-refractivity contribution in [2.75, 3.05) is 7.11 Å². The van der Waals surface area contributed by atoms with Crippen LogP contribution in [-0.2, 0) is 4.74 Å². The van der Waals surface area contributed by atoms with Gasteiger partial charge in [-0.25, -0.2) is 4.79 Å². The van der Waals surface area contributed by atoms with Gasteiger partial charge in [0.2, 0.25) is 0 Å². The molecule has 0 unspecified atom stereocenters. The van der Waals surface area contributed by atoms with E-state index in [0.717, 1.165) is 17.0 Å². The largest absolute Gasteiger partial charge is 0.465 e. The van der Waals surface area contributed by atoms with E-state index in [4.69, 9.17) is 11.2 Å². The Balaban J connectivity index is 1.91. The van der Waals surface area contributed by atoms with Gasteiger partial charge in [-0.05, 0) is 79.5 Å². The standard InChI is InChI=1S/C27H38O2/c1-4-6-8-11-20-14-16-23(17-15-20)26-24(27(28)29-3)19-18-21(5-2)25(26)22-12-9-7-10-13-22/h2,18-20,22-23H,4,6-17H2,1,3H3. The SMILES string of the molecule is C#Cc1ccc(C(=O)OC)c(C2CCC(CCCCC)CC2)c1C1CCCCC1. The maximum atomic E-state index is 12.7. The van der Waals surface area contributed by atoms with Crippen molar-refractivity contribution in [3.63, 3.8) is 0 Å². The number of carbonyl (C=O) groups is 1. The third kappa shape index (κ3) is 5.25. The van der Waals surface area contributed by atoms with Crippen molar-refractivity contribution < 1.29 is 9.53 Å². The Kier molecular flexibility index (Phi) is 8.22. The maximum Gasteiger partial charge on any atom is 0.338 e. The highest BCUT2D eigenvalue weighted by molar-refractivity contribution is 5.92. The summed E-state index contributed by atoms with van der Waals surface area (Å²) < 4.78 is 5.18. The summed E-state index contributed by atoms with van der Waals surface area (Å²) in [5.74, 6) is 4.54. The first-order chi connectivity index (χ1) is 14.2. The molecule has 0 saturated heterocycles. The van der Waals surface area contributed by atoms with E-state index in [0.29, 0.717) is 11.8 Å². The Morgan fingerprint density at radius 2 is 1.69 bits per heavy atom. The molecule has 0 atom stereocenters.